The Labute approximate surface area is 138 Å². The van der Waals surface area contributed by atoms with E-state index in [0.29, 0.717) is 35.9 Å². The summed E-state index contributed by atoms with van der Waals surface area (Å²) in [7, 11) is 3.18. The summed E-state index contributed by atoms with van der Waals surface area (Å²) < 4.78 is 10.8. The molecule has 1 fully saturated rings. The third-order valence-corrected chi connectivity index (χ3v) is 4.40. The molecule has 0 unspecified atom stereocenters. The molecule has 0 atom stereocenters. The lowest BCUT2D eigenvalue weighted by Gasteiger charge is -2.31. The van der Waals surface area contributed by atoms with Crippen LogP contribution in [0.1, 0.15) is 28.8 Å². The maximum atomic E-state index is 12.8. The van der Waals surface area contributed by atoms with E-state index < -0.39 is 0 Å². The Morgan fingerprint density at radius 3 is 2.57 bits per heavy atom. The van der Waals surface area contributed by atoms with Gasteiger partial charge in [-0.2, -0.15) is 0 Å². The first-order valence-corrected chi connectivity index (χ1v) is 7.99. The number of nitrogens with two attached hydrogens (primary N) is 1. The summed E-state index contributed by atoms with van der Waals surface area (Å²) in [4.78, 5) is 14.7. The fourth-order valence-electron chi connectivity index (χ4n) is 3.03. The highest BCUT2D eigenvalue weighted by atomic mass is 16.5. The zero-order valence-electron chi connectivity index (χ0n) is 14.0. The Morgan fingerprint density at radius 2 is 2.04 bits per heavy atom. The molecule has 0 bridgehead atoms. The number of hydrogen-bond acceptors (Lipinski definition) is 4. The van der Waals surface area contributed by atoms with Crippen LogP contribution < -0.4 is 15.2 Å². The highest BCUT2D eigenvalue weighted by Gasteiger charge is 2.24. The zero-order chi connectivity index (χ0) is 16.8. The fraction of sp³-hybridized carbons (Fsp3) is 0.500. The summed E-state index contributed by atoms with van der Waals surface area (Å²) in [6.07, 6.45) is 4.35. The van der Waals surface area contributed by atoms with E-state index in [4.69, 9.17) is 15.2 Å². The van der Waals surface area contributed by atoms with Crippen LogP contribution in [0.5, 0.6) is 11.5 Å². The van der Waals surface area contributed by atoms with Crippen LogP contribution in [0.3, 0.4) is 0 Å². The summed E-state index contributed by atoms with van der Waals surface area (Å²) in [5.74, 6) is 1.80. The van der Waals surface area contributed by atoms with Gasteiger partial charge in [-0.15, -0.1) is 6.58 Å². The molecule has 5 nitrogen and oxygen atoms in total. The van der Waals surface area contributed by atoms with Crippen LogP contribution >= 0.6 is 0 Å². The predicted octanol–water partition coefficient (Wildman–Crippen LogP) is 2.24. The summed E-state index contributed by atoms with van der Waals surface area (Å²) >= 11 is 0. The van der Waals surface area contributed by atoms with Crippen molar-refractivity contribution in [1.29, 1.82) is 0 Å². The van der Waals surface area contributed by atoms with E-state index in [1.165, 1.54) is 0 Å². The first kappa shape index (κ1) is 17.3. The Kier molecular flexibility index (Phi) is 6.04. The van der Waals surface area contributed by atoms with Gasteiger partial charge in [-0.25, -0.2) is 0 Å². The summed E-state index contributed by atoms with van der Waals surface area (Å²) in [5.41, 5.74) is 7.25. The largest absolute Gasteiger partial charge is 0.493 e. The van der Waals surface area contributed by atoms with Crippen LogP contribution in [0.4, 0.5) is 0 Å². The Bertz CT molecular complexity index is 564. The van der Waals surface area contributed by atoms with Gasteiger partial charge >= 0.3 is 0 Å². The number of ether oxygens (including phenoxy) is 2. The standard InChI is InChI=1S/C18H26N2O3/c1-4-5-14-10-15(11-16(22-2)17(14)23-3)18(21)20-8-6-13(12-19)7-9-20/h4,10-11,13H,1,5-9,12,19H2,2-3H3. The zero-order valence-corrected chi connectivity index (χ0v) is 14.0. The molecule has 1 aliphatic heterocycles. The average Bonchev–Trinajstić information content (AvgIpc) is 2.60. The molecule has 1 aromatic carbocycles. The summed E-state index contributed by atoms with van der Waals surface area (Å²) in [6.45, 7) is 5.97. The number of carbonyl (C=O) groups excluding carboxylic acids is 1. The van der Waals surface area contributed by atoms with Crippen molar-refractivity contribution in [2.24, 2.45) is 11.7 Å². The number of piperidine rings is 1. The Balaban J connectivity index is 2.26. The normalized spacial score (nSPS) is 15.3. The lowest BCUT2D eigenvalue weighted by Crippen LogP contribution is -2.40. The van der Waals surface area contributed by atoms with Crippen LogP contribution in [0.2, 0.25) is 0 Å². The minimum atomic E-state index is 0.0340. The number of amides is 1. The first-order chi connectivity index (χ1) is 11.1. The molecule has 1 amide bonds. The molecule has 0 radical (unpaired) electrons. The van der Waals surface area contributed by atoms with E-state index >= 15 is 0 Å². The second-order valence-electron chi connectivity index (χ2n) is 5.83. The average molecular weight is 318 g/mol. The summed E-state index contributed by atoms with van der Waals surface area (Å²) in [6, 6.07) is 3.63. The van der Waals surface area contributed by atoms with Crippen LogP contribution in [0.25, 0.3) is 0 Å². The van der Waals surface area contributed by atoms with Crippen molar-refractivity contribution in [1.82, 2.24) is 4.90 Å². The molecule has 1 heterocycles. The lowest BCUT2D eigenvalue weighted by atomic mass is 9.96. The van der Waals surface area contributed by atoms with Gasteiger partial charge in [0.2, 0.25) is 0 Å². The van der Waals surface area contributed by atoms with Gasteiger partial charge in [-0.05, 0) is 43.9 Å². The van der Waals surface area contributed by atoms with E-state index in [0.717, 1.165) is 31.5 Å². The lowest BCUT2D eigenvalue weighted by molar-refractivity contribution is 0.0693. The molecule has 0 aromatic heterocycles. The number of rotatable bonds is 6. The van der Waals surface area contributed by atoms with Crippen LogP contribution in [0.15, 0.2) is 24.8 Å². The molecule has 2 N–H and O–H groups in total. The van der Waals surface area contributed by atoms with Crippen molar-refractivity contribution in [2.75, 3.05) is 33.9 Å². The van der Waals surface area contributed by atoms with Crippen LogP contribution in [0, 0.1) is 5.92 Å². The summed E-state index contributed by atoms with van der Waals surface area (Å²) in [5, 5.41) is 0. The number of allylic oxidation sites excluding steroid dienone is 1. The van der Waals surface area contributed by atoms with Gasteiger partial charge in [0.1, 0.15) is 0 Å². The maximum absolute atomic E-state index is 12.8. The molecule has 0 spiro atoms. The smallest absolute Gasteiger partial charge is 0.254 e. The van der Waals surface area contributed by atoms with Gasteiger partial charge in [-0.3, -0.25) is 4.79 Å². The van der Waals surface area contributed by atoms with Crippen LogP contribution in [-0.4, -0.2) is 44.7 Å². The first-order valence-electron chi connectivity index (χ1n) is 7.99. The molecule has 1 saturated heterocycles. The minimum Gasteiger partial charge on any atom is -0.493 e. The van der Waals surface area contributed by atoms with E-state index in [-0.39, 0.29) is 5.91 Å². The van der Waals surface area contributed by atoms with Gasteiger partial charge in [0.15, 0.2) is 11.5 Å². The molecule has 1 aliphatic rings. The second kappa shape index (κ2) is 8.02. The molecular formula is C18H26N2O3. The Hall–Kier alpha value is -2.01. The quantitative estimate of drug-likeness (QED) is 0.817. The van der Waals surface area contributed by atoms with Crippen molar-refractivity contribution < 1.29 is 14.3 Å². The molecular weight excluding hydrogens is 292 g/mol. The number of hydrogen-bond donors (Lipinski definition) is 1. The predicted molar refractivity (Wildman–Crippen MR) is 91.1 cm³/mol. The van der Waals surface area contributed by atoms with Gasteiger partial charge in [-0.1, -0.05) is 6.08 Å². The molecule has 5 heteroatoms. The molecule has 0 aliphatic carbocycles. The highest BCUT2D eigenvalue weighted by Crippen LogP contribution is 2.34. The third-order valence-electron chi connectivity index (χ3n) is 4.40. The molecule has 0 saturated carbocycles. The van der Waals surface area contributed by atoms with E-state index in [2.05, 4.69) is 6.58 Å². The van der Waals surface area contributed by atoms with Gasteiger partial charge < -0.3 is 20.1 Å². The van der Waals surface area contributed by atoms with Gasteiger partial charge in [0.25, 0.3) is 5.91 Å². The van der Waals surface area contributed by atoms with Crippen molar-refractivity contribution in [3.63, 3.8) is 0 Å². The monoisotopic (exact) mass is 318 g/mol. The third kappa shape index (κ3) is 3.85. The minimum absolute atomic E-state index is 0.0340. The van der Waals surface area contributed by atoms with Crippen molar-refractivity contribution >= 4 is 5.91 Å². The second-order valence-corrected chi connectivity index (χ2v) is 5.83. The Morgan fingerprint density at radius 1 is 1.35 bits per heavy atom. The number of likely N-dealkylation sites (tertiary alicyclic amines) is 1. The number of nitrogens with zero attached hydrogens (tertiary/aromatic N) is 1. The van der Waals surface area contributed by atoms with Crippen molar-refractivity contribution in [3.8, 4) is 11.5 Å². The number of carbonyl (C=O) groups is 1. The molecule has 126 valence electrons. The van der Waals surface area contributed by atoms with E-state index in [1.54, 1.807) is 26.4 Å². The molecule has 23 heavy (non-hydrogen) atoms. The fourth-order valence-corrected chi connectivity index (χ4v) is 3.03. The molecule has 1 aromatic rings. The number of benzene rings is 1. The molecule has 2 rings (SSSR count). The van der Waals surface area contributed by atoms with Crippen molar-refractivity contribution in [2.45, 2.75) is 19.3 Å². The van der Waals surface area contributed by atoms with E-state index in [9.17, 15) is 4.79 Å². The number of methoxy groups -OCH3 is 2. The van der Waals surface area contributed by atoms with Crippen molar-refractivity contribution in [3.05, 3.63) is 35.9 Å². The van der Waals surface area contributed by atoms with Crippen LogP contribution in [-0.2, 0) is 6.42 Å². The topological polar surface area (TPSA) is 64.8 Å². The van der Waals surface area contributed by atoms with E-state index in [1.807, 2.05) is 11.0 Å². The highest BCUT2D eigenvalue weighted by molar-refractivity contribution is 5.95. The maximum Gasteiger partial charge on any atom is 0.254 e. The van der Waals surface area contributed by atoms with Gasteiger partial charge in [0.05, 0.1) is 14.2 Å². The SMILES string of the molecule is C=CCc1cc(C(=O)N2CCC(CN)CC2)cc(OC)c1OC. The van der Waals surface area contributed by atoms with Gasteiger partial charge in [0, 0.05) is 24.2 Å².